The highest BCUT2D eigenvalue weighted by atomic mass is 16.6. The molecule has 0 spiro atoms. The van der Waals surface area contributed by atoms with Crippen molar-refractivity contribution >= 4 is 23.5 Å². The number of hydrogen-bond acceptors (Lipinski definition) is 5. The molecule has 1 saturated heterocycles. The lowest BCUT2D eigenvalue weighted by Gasteiger charge is -2.33. The highest BCUT2D eigenvalue weighted by Gasteiger charge is 2.22. The van der Waals surface area contributed by atoms with Crippen molar-refractivity contribution in [3.05, 3.63) is 65.7 Å². The Balaban J connectivity index is 1.52. The van der Waals surface area contributed by atoms with E-state index >= 15 is 0 Å². The number of carbonyl (C=O) groups is 3. The van der Waals surface area contributed by atoms with Crippen molar-refractivity contribution in [1.82, 2.24) is 9.80 Å². The SMILES string of the molecule is CCOC(=O)N1CCN(CCC(=O)Nc2ccccc2C(=O)c2ccccc2)CC1. The zero-order valence-electron chi connectivity index (χ0n) is 17.2. The number of para-hydroxylation sites is 1. The normalized spacial score (nSPS) is 14.2. The Labute approximate surface area is 176 Å². The molecule has 0 saturated carbocycles. The van der Waals surface area contributed by atoms with Crippen molar-refractivity contribution in [3.8, 4) is 0 Å². The summed E-state index contributed by atoms with van der Waals surface area (Å²) in [6.07, 6.45) is 0.0300. The summed E-state index contributed by atoms with van der Waals surface area (Å²) < 4.78 is 5.02. The van der Waals surface area contributed by atoms with Crippen LogP contribution in [0.25, 0.3) is 0 Å². The van der Waals surface area contributed by atoms with E-state index in [2.05, 4.69) is 10.2 Å². The van der Waals surface area contributed by atoms with Crippen LogP contribution in [0.2, 0.25) is 0 Å². The van der Waals surface area contributed by atoms with Crippen LogP contribution in [-0.2, 0) is 9.53 Å². The van der Waals surface area contributed by atoms with E-state index in [0.29, 0.717) is 62.6 Å². The molecule has 1 aliphatic rings. The minimum Gasteiger partial charge on any atom is -0.450 e. The second-order valence-electron chi connectivity index (χ2n) is 7.07. The number of nitrogens with one attached hydrogen (secondary N) is 1. The molecule has 7 nitrogen and oxygen atoms in total. The van der Waals surface area contributed by atoms with Gasteiger partial charge >= 0.3 is 6.09 Å². The van der Waals surface area contributed by atoms with E-state index in [-0.39, 0.29) is 17.8 Å². The number of piperazine rings is 1. The first-order valence-corrected chi connectivity index (χ1v) is 10.2. The Morgan fingerprint density at radius 3 is 2.30 bits per heavy atom. The average Bonchev–Trinajstić information content (AvgIpc) is 2.79. The Hall–Kier alpha value is -3.19. The first-order chi connectivity index (χ1) is 14.6. The topological polar surface area (TPSA) is 79.0 Å². The highest BCUT2D eigenvalue weighted by Crippen LogP contribution is 2.19. The second kappa shape index (κ2) is 10.5. The van der Waals surface area contributed by atoms with Crippen LogP contribution in [0.5, 0.6) is 0 Å². The maximum absolute atomic E-state index is 12.8. The summed E-state index contributed by atoms with van der Waals surface area (Å²) in [5.74, 6) is -0.266. The summed E-state index contributed by atoms with van der Waals surface area (Å²) in [6.45, 7) is 5.34. The van der Waals surface area contributed by atoms with E-state index in [1.165, 1.54) is 0 Å². The minimum absolute atomic E-state index is 0.124. The molecule has 1 aliphatic heterocycles. The monoisotopic (exact) mass is 409 g/mol. The fourth-order valence-electron chi connectivity index (χ4n) is 3.38. The smallest absolute Gasteiger partial charge is 0.409 e. The van der Waals surface area contributed by atoms with E-state index < -0.39 is 0 Å². The van der Waals surface area contributed by atoms with Gasteiger partial charge < -0.3 is 15.0 Å². The van der Waals surface area contributed by atoms with Crippen molar-refractivity contribution < 1.29 is 19.1 Å². The number of ketones is 1. The van der Waals surface area contributed by atoms with Crippen molar-refractivity contribution in [2.75, 3.05) is 44.6 Å². The van der Waals surface area contributed by atoms with Crippen LogP contribution in [0.15, 0.2) is 54.6 Å². The molecule has 1 fully saturated rings. The van der Waals surface area contributed by atoms with Gasteiger partial charge in [-0.05, 0) is 19.1 Å². The van der Waals surface area contributed by atoms with Gasteiger partial charge in [0.1, 0.15) is 0 Å². The molecule has 0 unspecified atom stereocenters. The number of rotatable bonds is 7. The summed E-state index contributed by atoms with van der Waals surface area (Å²) >= 11 is 0. The molecule has 158 valence electrons. The molecule has 30 heavy (non-hydrogen) atoms. The number of anilines is 1. The highest BCUT2D eigenvalue weighted by molar-refractivity contribution is 6.13. The van der Waals surface area contributed by atoms with E-state index in [1.54, 1.807) is 48.2 Å². The molecule has 3 rings (SSSR count). The first-order valence-electron chi connectivity index (χ1n) is 10.2. The minimum atomic E-state index is -0.283. The van der Waals surface area contributed by atoms with Gasteiger partial charge in [-0.1, -0.05) is 42.5 Å². The average molecular weight is 409 g/mol. The third-order valence-electron chi connectivity index (χ3n) is 5.04. The van der Waals surface area contributed by atoms with Crippen molar-refractivity contribution in [2.45, 2.75) is 13.3 Å². The standard InChI is InChI=1S/C23H27N3O4/c1-2-30-23(29)26-16-14-25(15-17-26)13-12-21(27)24-20-11-7-6-10-19(20)22(28)18-8-4-3-5-9-18/h3-11H,2,12-17H2,1H3,(H,24,27). The predicted octanol–water partition coefficient (Wildman–Crippen LogP) is 3.02. The molecule has 2 aromatic carbocycles. The molecule has 1 N–H and O–H groups in total. The molecule has 0 radical (unpaired) electrons. The van der Waals surface area contributed by atoms with Crippen LogP contribution in [-0.4, -0.2) is 66.9 Å². The van der Waals surface area contributed by atoms with E-state index in [0.717, 1.165) is 0 Å². The maximum atomic E-state index is 12.8. The van der Waals surface area contributed by atoms with E-state index in [9.17, 15) is 14.4 Å². The molecule has 0 aliphatic carbocycles. The molecule has 0 atom stereocenters. The molecule has 0 bridgehead atoms. The number of nitrogens with zero attached hydrogens (tertiary/aromatic N) is 2. The first kappa shape index (κ1) is 21.5. The molecular formula is C23H27N3O4. The number of benzene rings is 2. The summed E-state index contributed by atoms with van der Waals surface area (Å²) in [5.41, 5.74) is 1.57. The number of carbonyl (C=O) groups excluding carboxylic acids is 3. The van der Waals surface area contributed by atoms with Gasteiger partial charge in [-0.3, -0.25) is 14.5 Å². The lowest BCUT2D eigenvalue weighted by molar-refractivity contribution is -0.116. The van der Waals surface area contributed by atoms with Gasteiger partial charge in [0.2, 0.25) is 5.91 Å². The predicted molar refractivity (Wildman–Crippen MR) is 115 cm³/mol. The van der Waals surface area contributed by atoms with Gasteiger partial charge in [-0.2, -0.15) is 0 Å². The van der Waals surface area contributed by atoms with Gasteiger partial charge in [-0.25, -0.2) is 4.79 Å². The van der Waals surface area contributed by atoms with Crippen molar-refractivity contribution in [3.63, 3.8) is 0 Å². The molecule has 2 aromatic rings. The molecule has 1 heterocycles. The lowest BCUT2D eigenvalue weighted by atomic mass is 10.0. The number of hydrogen-bond donors (Lipinski definition) is 1. The Bertz CT molecular complexity index is 877. The second-order valence-corrected chi connectivity index (χ2v) is 7.07. The van der Waals surface area contributed by atoms with Crippen LogP contribution in [0.1, 0.15) is 29.3 Å². The maximum Gasteiger partial charge on any atom is 0.409 e. The van der Waals surface area contributed by atoms with Gasteiger partial charge in [0, 0.05) is 50.3 Å². The largest absolute Gasteiger partial charge is 0.450 e. The third kappa shape index (κ3) is 5.67. The Morgan fingerprint density at radius 1 is 0.933 bits per heavy atom. The van der Waals surface area contributed by atoms with Crippen LogP contribution in [0, 0.1) is 0 Å². The fourth-order valence-corrected chi connectivity index (χ4v) is 3.38. The zero-order chi connectivity index (χ0) is 21.3. The van der Waals surface area contributed by atoms with Crippen molar-refractivity contribution in [1.29, 1.82) is 0 Å². The Morgan fingerprint density at radius 2 is 1.60 bits per heavy atom. The van der Waals surface area contributed by atoms with Gasteiger partial charge in [0.05, 0.1) is 12.3 Å². The molecule has 7 heteroatoms. The van der Waals surface area contributed by atoms with Crippen LogP contribution < -0.4 is 5.32 Å². The lowest BCUT2D eigenvalue weighted by Crippen LogP contribution is -2.49. The number of ether oxygens (including phenoxy) is 1. The molecule has 0 aromatic heterocycles. The van der Waals surface area contributed by atoms with Crippen LogP contribution in [0.4, 0.5) is 10.5 Å². The quantitative estimate of drug-likeness (QED) is 0.711. The fraction of sp³-hybridized carbons (Fsp3) is 0.348. The van der Waals surface area contributed by atoms with Gasteiger partial charge in [0.25, 0.3) is 0 Å². The molecule has 2 amide bonds. The van der Waals surface area contributed by atoms with Gasteiger partial charge in [0.15, 0.2) is 5.78 Å². The van der Waals surface area contributed by atoms with E-state index in [4.69, 9.17) is 4.74 Å². The number of amides is 2. The van der Waals surface area contributed by atoms with E-state index in [1.807, 2.05) is 18.2 Å². The molecular weight excluding hydrogens is 382 g/mol. The van der Waals surface area contributed by atoms with Crippen LogP contribution >= 0.6 is 0 Å². The summed E-state index contributed by atoms with van der Waals surface area (Å²) in [5, 5.41) is 2.87. The Kier molecular flexibility index (Phi) is 7.57. The zero-order valence-corrected chi connectivity index (χ0v) is 17.2. The summed E-state index contributed by atoms with van der Waals surface area (Å²) in [7, 11) is 0. The summed E-state index contributed by atoms with van der Waals surface area (Å²) in [4.78, 5) is 40.9. The van der Waals surface area contributed by atoms with Gasteiger partial charge in [-0.15, -0.1) is 0 Å². The van der Waals surface area contributed by atoms with Crippen molar-refractivity contribution in [2.24, 2.45) is 0 Å². The third-order valence-corrected chi connectivity index (χ3v) is 5.04. The summed E-state index contributed by atoms with van der Waals surface area (Å²) in [6, 6.07) is 16.1. The van der Waals surface area contributed by atoms with Crippen LogP contribution in [0.3, 0.4) is 0 Å².